The Bertz CT molecular complexity index is 1020. The highest BCUT2D eigenvalue weighted by atomic mass is 32.1. The van der Waals surface area contributed by atoms with Crippen molar-refractivity contribution < 1.29 is 9.59 Å². The fourth-order valence-corrected chi connectivity index (χ4v) is 7.24. The number of likely N-dealkylation sites (tertiary alicyclic amines) is 1. The molecule has 2 aliphatic carbocycles. The summed E-state index contributed by atoms with van der Waals surface area (Å²) in [6, 6.07) is 8.87. The molecule has 2 aliphatic heterocycles. The van der Waals surface area contributed by atoms with Gasteiger partial charge in [-0.2, -0.15) is 0 Å². The highest BCUT2D eigenvalue weighted by Crippen LogP contribution is 2.52. The Balaban J connectivity index is 0.933. The van der Waals surface area contributed by atoms with Gasteiger partial charge in [0.15, 0.2) is 0 Å². The van der Waals surface area contributed by atoms with Crippen LogP contribution in [-0.2, 0) is 9.59 Å². The van der Waals surface area contributed by atoms with Gasteiger partial charge in [0.2, 0.25) is 11.8 Å². The van der Waals surface area contributed by atoms with Gasteiger partial charge in [-0.25, -0.2) is 0 Å². The van der Waals surface area contributed by atoms with Gasteiger partial charge >= 0.3 is 0 Å². The average molecular weight is 450 g/mol. The lowest BCUT2D eigenvalue weighted by Gasteiger charge is -2.36. The van der Waals surface area contributed by atoms with E-state index in [0.717, 1.165) is 58.4 Å². The van der Waals surface area contributed by atoms with Crippen LogP contribution in [0.1, 0.15) is 25.7 Å². The van der Waals surface area contributed by atoms with E-state index in [0.29, 0.717) is 18.4 Å². The lowest BCUT2D eigenvalue weighted by Crippen LogP contribution is -2.46. The van der Waals surface area contributed by atoms with Gasteiger partial charge in [0.1, 0.15) is 0 Å². The molecule has 1 aromatic carbocycles. The van der Waals surface area contributed by atoms with Crippen LogP contribution in [0.5, 0.6) is 0 Å². The van der Waals surface area contributed by atoms with Crippen LogP contribution in [-0.4, -0.2) is 60.9 Å². The standard InChI is InChI=1S/C26H31N3O2S/c30-25-23-18-7-8-19(17-18)24(23)26(31)29(25)11-3-1-2-10-27-12-14-28(15-13-27)21-5-4-6-22-20(21)9-16-32-22/h4-9,16,18-19,23-24H,1-3,10-15,17H2/t18-,19+,23+,24-. The van der Waals surface area contributed by atoms with Gasteiger partial charge in [0, 0.05) is 48.5 Å². The van der Waals surface area contributed by atoms with Gasteiger partial charge in [-0.05, 0) is 61.2 Å². The summed E-state index contributed by atoms with van der Waals surface area (Å²) in [5.74, 6) is 0.748. The highest BCUT2D eigenvalue weighted by Gasteiger charge is 2.58. The van der Waals surface area contributed by atoms with Crippen LogP contribution in [0.2, 0.25) is 0 Å². The molecule has 2 bridgehead atoms. The Morgan fingerprint density at radius 1 is 0.844 bits per heavy atom. The largest absolute Gasteiger partial charge is 0.368 e. The molecular formula is C26H31N3O2S. The molecule has 1 aromatic heterocycles. The summed E-state index contributed by atoms with van der Waals surface area (Å²) in [5.41, 5.74) is 1.37. The molecule has 168 valence electrons. The molecule has 3 heterocycles. The van der Waals surface area contributed by atoms with Crippen molar-refractivity contribution in [1.29, 1.82) is 0 Å². The molecule has 4 atom stereocenters. The molecule has 5 nitrogen and oxygen atoms in total. The molecule has 0 radical (unpaired) electrons. The predicted octanol–water partition coefficient (Wildman–Crippen LogP) is 4.00. The van der Waals surface area contributed by atoms with Crippen molar-refractivity contribution in [2.24, 2.45) is 23.7 Å². The van der Waals surface area contributed by atoms with Crippen LogP contribution in [0.25, 0.3) is 10.1 Å². The Hall–Kier alpha value is -2.18. The van der Waals surface area contributed by atoms with E-state index in [9.17, 15) is 9.59 Å². The fraction of sp³-hybridized carbons (Fsp3) is 0.538. The average Bonchev–Trinajstić information content (AvgIpc) is 3.59. The third kappa shape index (κ3) is 3.39. The van der Waals surface area contributed by atoms with E-state index in [4.69, 9.17) is 0 Å². The number of piperazine rings is 1. The number of nitrogens with zero attached hydrogens (tertiary/aromatic N) is 3. The second kappa shape index (κ2) is 8.31. The SMILES string of the molecule is O=C1[C@@H]2[C@H](C(=O)N1CCCCCN1CCN(c3cccc4sccc34)CC1)[C@H]1C=C[C@@H]2C1. The zero-order valence-electron chi connectivity index (χ0n) is 18.5. The number of benzene rings is 1. The fourth-order valence-electron chi connectivity index (χ4n) is 6.43. The lowest BCUT2D eigenvalue weighted by atomic mass is 9.85. The van der Waals surface area contributed by atoms with Crippen LogP contribution in [0.4, 0.5) is 5.69 Å². The highest BCUT2D eigenvalue weighted by molar-refractivity contribution is 7.17. The zero-order valence-corrected chi connectivity index (χ0v) is 19.3. The molecule has 4 aliphatic rings. The minimum atomic E-state index is -0.0475. The van der Waals surface area contributed by atoms with Gasteiger partial charge in [0.05, 0.1) is 11.8 Å². The molecule has 2 amide bonds. The number of hydrogen-bond donors (Lipinski definition) is 0. The first-order valence-electron chi connectivity index (χ1n) is 12.2. The predicted molar refractivity (Wildman–Crippen MR) is 129 cm³/mol. The molecule has 2 aromatic rings. The number of unbranched alkanes of at least 4 members (excludes halogenated alkanes) is 2. The van der Waals surface area contributed by atoms with Gasteiger partial charge in [0.25, 0.3) is 0 Å². The van der Waals surface area contributed by atoms with Crippen molar-refractivity contribution in [1.82, 2.24) is 9.80 Å². The molecule has 6 heteroatoms. The number of carbonyl (C=O) groups is 2. The maximum atomic E-state index is 12.8. The quantitative estimate of drug-likeness (QED) is 0.364. The molecule has 6 rings (SSSR count). The minimum Gasteiger partial charge on any atom is -0.368 e. The molecule has 2 saturated heterocycles. The topological polar surface area (TPSA) is 43.9 Å². The molecule has 1 saturated carbocycles. The molecule has 32 heavy (non-hydrogen) atoms. The van der Waals surface area contributed by atoms with Crippen molar-refractivity contribution in [2.45, 2.75) is 25.7 Å². The molecule has 3 fully saturated rings. The summed E-state index contributed by atoms with van der Waals surface area (Å²) < 4.78 is 1.37. The number of imide groups is 1. The van der Waals surface area contributed by atoms with Gasteiger partial charge in [-0.1, -0.05) is 24.6 Å². The van der Waals surface area contributed by atoms with E-state index >= 15 is 0 Å². The maximum absolute atomic E-state index is 12.8. The Morgan fingerprint density at radius 2 is 1.56 bits per heavy atom. The van der Waals surface area contributed by atoms with E-state index in [-0.39, 0.29) is 23.7 Å². The van der Waals surface area contributed by atoms with E-state index in [2.05, 4.69) is 51.6 Å². The van der Waals surface area contributed by atoms with E-state index in [1.165, 1.54) is 15.8 Å². The first kappa shape index (κ1) is 20.4. The Labute approximate surface area is 193 Å². The Kier molecular flexibility index (Phi) is 5.30. The number of rotatable bonds is 7. The minimum absolute atomic E-state index is 0.0475. The van der Waals surface area contributed by atoms with Gasteiger partial charge in [-0.3, -0.25) is 19.4 Å². The summed E-state index contributed by atoms with van der Waals surface area (Å²) in [7, 11) is 0. The number of allylic oxidation sites excluding steroid dienone is 2. The first-order chi connectivity index (χ1) is 15.7. The monoisotopic (exact) mass is 449 g/mol. The first-order valence-corrected chi connectivity index (χ1v) is 13.1. The Morgan fingerprint density at radius 3 is 2.31 bits per heavy atom. The van der Waals surface area contributed by atoms with Crippen molar-refractivity contribution >= 4 is 38.9 Å². The normalized spacial score (nSPS) is 29.6. The number of hydrogen-bond acceptors (Lipinski definition) is 5. The second-order valence-electron chi connectivity index (χ2n) is 9.83. The van der Waals surface area contributed by atoms with Crippen molar-refractivity contribution in [3.05, 3.63) is 41.8 Å². The molecule has 0 N–H and O–H groups in total. The summed E-state index contributed by atoms with van der Waals surface area (Å²) in [5, 5.41) is 3.56. The number of fused-ring (bicyclic) bond motifs is 6. The van der Waals surface area contributed by atoms with Crippen LogP contribution < -0.4 is 4.90 Å². The van der Waals surface area contributed by atoms with Crippen molar-refractivity contribution in [2.75, 3.05) is 44.2 Å². The van der Waals surface area contributed by atoms with Crippen LogP contribution in [0.15, 0.2) is 41.8 Å². The zero-order chi connectivity index (χ0) is 21.7. The number of thiophene rings is 1. The third-order valence-electron chi connectivity index (χ3n) is 8.10. The van der Waals surface area contributed by atoms with Crippen LogP contribution >= 0.6 is 11.3 Å². The molecule has 0 spiro atoms. The molecule has 0 unspecified atom stereocenters. The van der Waals surface area contributed by atoms with Crippen LogP contribution in [0, 0.1) is 23.7 Å². The van der Waals surface area contributed by atoms with Crippen LogP contribution in [0.3, 0.4) is 0 Å². The van der Waals surface area contributed by atoms with E-state index in [1.54, 1.807) is 4.90 Å². The van der Waals surface area contributed by atoms with Crippen molar-refractivity contribution in [3.63, 3.8) is 0 Å². The lowest BCUT2D eigenvalue weighted by molar-refractivity contribution is -0.140. The second-order valence-corrected chi connectivity index (χ2v) is 10.8. The summed E-state index contributed by atoms with van der Waals surface area (Å²) in [6.45, 7) is 6.07. The van der Waals surface area contributed by atoms with Gasteiger partial charge in [-0.15, -0.1) is 11.3 Å². The summed E-state index contributed by atoms with van der Waals surface area (Å²) in [6.07, 6.45) is 8.49. The smallest absolute Gasteiger partial charge is 0.233 e. The molecular weight excluding hydrogens is 418 g/mol. The van der Waals surface area contributed by atoms with Crippen molar-refractivity contribution in [3.8, 4) is 0 Å². The van der Waals surface area contributed by atoms with Gasteiger partial charge < -0.3 is 4.90 Å². The number of carbonyl (C=O) groups excluding carboxylic acids is 2. The summed E-state index contributed by atoms with van der Waals surface area (Å²) in [4.78, 5) is 32.2. The number of anilines is 1. The number of amides is 2. The summed E-state index contributed by atoms with van der Waals surface area (Å²) >= 11 is 1.81. The van der Waals surface area contributed by atoms with E-state index < -0.39 is 0 Å². The third-order valence-corrected chi connectivity index (χ3v) is 8.99. The maximum Gasteiger partial charge on any atom is 0.233 e. The van der Waals surface area contributed by atoms with E-state index in [1.807, 2.05) is 11.3 Å².